The van der Waals surface area contributed by atoms with Gasteiger partial charge in [-0.25, -0.2) is 4.39 Å². The van der Waals surface area contributed by atoms with Crippen molar-refractivity contribution >= 4 is 11.8 Å². The molecule has 1 atom stereocenters. The standard InChI is InChI=1S/C19H21FN4O2S/c1-11-8-9-14(10-15(11)20)16-21-17(26-24-16)12(2)27-19-23-22-18(25-19)13-6-4-3-5-7-13/h8-10,12-13H,3-7H2,1-2H3. The highest BCUT2D eigenvalue weighted by Crippen LogP contribution is 2.37. The highest BCUT2D eigenvalue weighted by atomic mass is 32.2. The number of rotatable bonds is 5. The number of halogens is 1. The fraction of sp³-hybridized carbons (Fsp3) is 0.474. The molecule has 142 valence electrons. The van der Waals surface area contributed by atoms with E-state index in [9.17, 15) is 4.39 Å². The molecule has 6 nitrogen and oxygen atoms in total. The number of nitrogens with zero attached hydrogens (tertiary/aromatic N) is 4. The number of aryl methyl sites for hydroxylation is 1. The molecule has 2 aromatic heterocycles. The van der Waals surface area contributed by atoms with Crippen LogP contribution >= 0.6 is 11.8 Å². The maximum Gasteiger partial charge on any atom is 0.277 e. The van der Waals surface area contributed by atoms with Crippen molar-refractivity contribution in [3.05, 3.63) is 41.4 Å². The summed E-state index contributed by atoms with van der Waals surface area (Å²) in [7, 11) is 0. The van der Waals surface area contributed by atoms with Crippen molar-refractivity contribution in [2.45, 2.75) is 62.3 Å². The lowest BCUT2D eigenvalue weighted by Crippen LogP contribution is -2.04. The highest BCUT2D eigenvalue weighted by Gasteiger charge is 2.24. The first-order valence-corrected chi connectivity index (χ1v) is 10.1. The normalized spacial score (nSPS) is 16.6. The van der Waals surface area contributed by atoms with Crippen LogP contribution in [-0.2, 0) is 0 Å². The third-order valence-corrected chi connectivity index (χ3v) is 5.80. The number of thioether (sulfide) groups is 1. The van der Waals surface area contributed by atoms with Gasteiger partial charge in [0.25, 0.3) is 5.22 Å². The van der Waals surface area contributed by atoms with Crippen molar-refractivity contribution < 1.29 is 13.3 Å². The second-order valence-electron chi connectivity index (χ2n) is 6.92. The summed E-state index contributed by atoms with van der Waals surface area (Å²) in [5.41, 5.74) is 1.17. The van der Waals surface area contributed by atoms with Crippen LogP contribution in [0, 0.1) is 12.7 Å². The molecule has 8 heteroatoms. The summed E-state index contributed by atoms with van der Waals surface area (Å²) < 4.78 is 24.9. The van der Waals surface area contributed by atoms with Crippen molar-refractivity contribution in [2.75, 3.05) is 0 Å². The molecule has 1 aliphatic carbocycles. The van der Waals surface area contributed by atoms with Gasteiger partial charge in [0.1, 0.15) is 5.82 Å². The van der Waals surface area contributed by atoms with Gasteiger partial charge in [0.05, 0.1) is 5.25 Å². The van der Waals surface area contributed by atoms with Crippen LogP contribution in [0.25, 0.3) is 11.4 Å². The molecule has 1 aromatic carbocycles. The number of benzene rings is 1. The number of hydrogen-bond donors (Lipinski definition) is 0. The molecule has 1 aliphatic rings. The van der Waals surface area contributed by atoms with E-state index >= 15 is 0 Å². The molecule has 4 rings (SSSR count). The van der Waals surface area contributed by atoms with Gasteiger partial charge in [0, 0.05) is 11.5 Å². The van der Waals surface area contributed by atoms with Gasteiger partial charge in [-0.05, 0) is 38.3 Å². The summed E-state index contributed by atoms with van der Waals surface area (Å²) in [4.78, 5) is 4.39. The Morgan fingerprint density at radius 1 is 1.19 bits per heavy atom. The average Bonchev–Trinajstić information content (AvgIpc) is 3.34. The lowest BCUT2D eigenvalue weighted by molar-refractivity contribution is 0.333. The number of aromatic nitrogens is 4. The second-order valence-corrected chi connectivity index (χ2v) is 8.21. The van der Waals surface area contributed by atoms with Crippen molar-refractivity contribution in [1.29, 1.82) is 0 Å². The first-order valence-electron chi connectivity index (χ1n) is 9.20. The molecular formula is C19H21FN4O2S. The molecular weight excluding hydrogens is 367 g/mol. The maximum atomic E-state index is 13.8. The second kappa shape index (κ2) is 7.80. The molecule has 27 heavy (non-hydrogen) atoms. The Labute approximate surface area is 160 Å². The van der Waals surface area contributed by atoms with E-state index in [0.29, 0.717) is 34.0 Å². The largest absolute Gasteiger partial charge is 0.416 e. The van der Waals surface area contributed by atoms with Crippen LogP contribution in [0.5, 0.6) is 0 Å². The molecule has 2 heterocycles. The van der Waals surface area contributed by atoms with Crippen LogP contribution in [0.4, 0.5) is 4.39 Å². The third-order valence-electron chi connectivity index (χ3n) is 4.87. The molecule has 0 N–H and O–H groups in total. The Balaban J connectivity index is 1.44. The SMILES string of the molecule is Cc1ccc(-c2noc(C(C)Sc3nnc(C4CCCCC4)o3)n2)cc1F. The summed E-state index contributed by atoms with van der Waals surface area (Å²) in [6.45, 7) is 3.65. The molecule has 0 radical (unpaired) electrons. The van der Waals surface area contributed by atoms with Gasteiger partial charge >= 0.3 is 0 Å². The first-order chi connectivity index (χ1) is 13.1. The van der Waals surface area contributed by atoms with Crippen LogP contribution in [0.15, 0.2) is 32.4 Å². The van der Waals surface area contributed by atoms with Crippen LogP contribution in [0.1, 0.15) is 67.5 Å². The molecule has 0 saturated heterocycles. The minimum Gasteiger partial charge on any atom is -0.416 e. The highest BCUT2D eigenvalue weighted by molar-refractivity contribution is 7.99. The van der Waals surface area contributed by atoms with Gasteiger partial charge < -0.3 is 8.94 Å². The summed E-state index contributed by atoms with van der Waals surface area (Å²) in [6.07, 6.45) is 5.95. The van der Waals surface area contributed by atoms with Crippen molar-refractivity contribution in [2.24, 2.45) is 0 Å². The molecule has 0 spiro atoms. The van der Waals surface area contributed by atoms with Crippen LogP contribution in [0.3, 0.4) is 0 Å². The van der Waals surface area contributed by atoms with E-state index in [1.807, 2.05) is 6.92 Å². The Bertz CT molecular complexity index is 920. The maximum absolute atomic E-state index is 13.8. The number of hydrogen-bond acceptors (Lipinski definition) is 7. The lowest BCUT2D eigenvalue weighted by atomic mass is 9.89. The van der Waals surface area contributed by atoms with Gasteiger partial charge in [0.15, 0.2) is 0 Å². The summed E-state index contributed by atoms with van der Waals surface area (Å²) in [5.74, 6) is 1.62. The zero-order chi connectivity index (χ0) is 18.8. The molecule has 3 aromatic rings. The first kappa shape index (κ1) is 18.2. The fourth-order valence-corrected chi connectivity index (χ4v) is 3.95. The third kappa shape index (κ3) is 4.05. The van der Waals surface area contributed by atoms with Gasteiger partial charge in [-0.1, -0.05) is 48.3 Å². The predicted octanol–water partition coefficient (Wildman–Crippen LogP) is 5.47. The fourth-order valence-electron chi connectivity index (χ4n) is 3.23. The summed E-state index contributed by atoms with van der Waals surface area (Å²) in [5, 5.41) is 12.7. The lowest BCUT2D eigenvalue weighted by Gasteiger charge is -2.17. The Morgan fingerprint density at radius 3 is 2.78 bits per heavy atom. The quantitative estimate of drug-likeness (QED) is 0.536. The van der Waals surface area contributed by atoms with Crippen molar-refractivity contribution in [3.63, 3.8) is 0 Å². The zero-order valence-corrected chi connectivity index (χ0v) is 16.1. The minimum absolute atomic E-state index is 0.152. The Morgan fingerprint density at radius 2 is 2.00 bits per heavy atom. The van der Waals surface area contributed by atoms with Gasteiger partial charge in [0.2, 0.25) is 17.6 Å². The van der Waals surface area contributed by atoms with Gasteiger partial charge in [-0.15, -0.1) is 10.2 Å². The Hall–Kier alpha value is -2.22. The Kier molecular flexibility index (Phi) is 5.24. The van der Waals surface area contributed by atoms with Crippen molar-refractivity contribution in [3.8, 4) is 11.4 Å². The van der Waals surface area contributed by atoms with E-state index in [2.05, 4.69) is 20.3 Å². The summed E-state index contributed by atoms with van der Waals surface area (Å²) >= 11 is 1.39. The van der Waals surface area contributed by atoms with Crippen LogP contribution in [-0.4, -0.2) is 20.3 Å². The molecule has 1 fully saturated rings. The molecule has 1 saturated carbocycles. The molecule has 1 unspecified atom stereocenters. The summed E-state index contributed by atoms with van der Waals surface area (Å²) in [6, 6.07) is 4.89. The van der Waals surface area contributed by atoms with Gasteiger partial charge in [-0.3, -0.25) is 0 Å². The van der Waals surface area contributed by atoms with Crippen molar-refractivity contribution in [1.82, 2.24) is 20.3 Å². The van der Waals surface area contributed by atoms with E-state index in [4.69, 9.17) is 8.94 Å². The van der Waals surface area contributed by atoms with E-state index in [1.54, 1.807) is 19.1 Å². The van der Waals surface area contributed by atoms with E-state index in [0.717, 1.165) is 18.7 Å². The van der Waals surface area contributed by atoms with Gasteiger partial charge in [-0.2, -0.15) is 4.98 Å². The average molecular weight is 388 g/mol. The van der Waals surface area contributed by atoms with E-state index < -0.39 is 0 Å². The molecule has 0 aliphatic heterocycles. The van der Waals surface area contributed by atoms with E-state index in [-0.39, 0.29) is 11.1 Å². The topological polar surface area (TPSA) is 77.8 Å². The monoisotopic (exact) mass is 388 g/mol. The zero-order valence-electron chi connectivity index (χ0n) is 15.3. The predicted molar refractivity (Wildman–Crippen MR) is 98.8 cm³/mol. The molecule has 0 amide bonds. The van der Waals surface area contributed by atoms with E-state index in [1.165, 1.54) is 37.1 Å². The molecule has 0 bridgehead atoms. The van der Waals surface area contributed by atoms with Crippen LogP contribution in [0.2, 0.25) is 0 Å². The smallest absolute Gasteiger partial charge is 0.277 e. The van der Waals surface area contributed by atoms with Crippen LogP contribution < -0.4 is 0 Å². The minimum atomic E-state index is -0.289.